The molecule has 0 saturated carbocycles. The number of rotatable bonds is 9. The van der Waals surface area contributed by atoms with Crippen LogP contribution in [0, 0.1) is 10.1 Å². The van der Waals surface area contributed by atoms with Gasteiger partial charge in [-0.2, -0.15) is 0 Å². The second-order valence-electron chi connectivity index (χ2n) is 10.1. The second-order valence-corrected chi connectivity index (χ2v) is 10.5. The first-order chi connectivity index (χ1) is 21.3. The van der Waals surface area contributed by atoms with Gasteiger partial charge in [-0.15, -0.1) is 0 Å². The van der Waals surface area contributed by atoms with Gasteiger partial charge in [0.05, 0.1) is 15.5 Å². The average molecular weight is 606 g/mol. The molecule has 0 N–H and O–H groups in total. The van der Waals surface area contributed by atoms with Crippen molar-refractivity contribution in [3.8, 4) is 11.5 Å². The second kappa shape index (κ2) is 12.0. The van der Waals surface area contributed by atoms with Crippen molar-refractivity contribution in [3.63, 3.8) is 0 Å². The normalized spacial score (nSPS) is 12.3. The summed E-state index contributed by atoms with van der Waals surface area (Å²) in [6.07, 6.45) is 0.258. The third-order valence-electron chi connectivity index (χ3n) is 7.39. The van der Waals surface area contributed by atoms with E-state index >= 15 is 0 Å². The van der Waals surface area contributed by atoms with Crippen molar-refractivity contribution in [3.05, 3.63) is 141 Å². The molecule has 0 unspecified atom stereocenters. The molecule has 10 heteroatoms. The molecule has 218 valence electrons. The molecule has 0 spiro atoms. The van der Waals surface area contributed by atoms with Crippen LogP contribution in [-0.2, 0) is 0 Å². The first kappa shape index (κ1) is 28.6. The number of nitro benzene ring substituents is 1. The quantitative estimate of drug-likeness (QED) is 0.0976. The lowest BCUT2D eigenvalue weighted by Crippen LogP contribution is -2.42. The SMILES string of the molecule is O=C1c2cccc3cccc(c23)C(=O)N1CCCN(C(=O)c1ccc([N+](=O)[O-])cc1Cl)c1ccc(Oc2ccccc2)cc1. The number of nitro groups is 1. The molecular formula is C34H24ClN3O6. The van der Waals surface area contributed by atoms with E-state index in [9.17, 15) is 24.5 Å². The molecule has 44 heavy (non-hydrogen) atoms. The standard InChI is InChI=1S/C34H24ClN3O6/c35-30-21-24(38(42)43)15-18-27(30)32(39)36(23-13-16-26(17-14-23)44-25-9-2-1-3-10-25)19-6-20-37-33(40)28-11-4-7-22-8-5-12-29(31(22)28)34(37)41/h1-5,7-18,21H,6,19-20H2. The van der Waals surface area contributed by atoms with E-state index in [0.29, 0.717) is 33.7 Å². The van der Waals surface area contributed by atoms with E-state index in [2.05, 4.69) is 0 Å². The summed E-state index contributed by atoms with van der Waals surface area (Å²) in [7, 11) is 0. The topological polar surface area (TPSA) is 110 Å². The van der Waals surface area contributed by atoms with Crippen molar-refractivity contribution in [2.75, 3.05) is 18.0 Å². The lowest BCUT2D eigenvalue weighted by atomic mass is 9.94. The molecule has 6 rings (SSSR count). The Hall–Kier alpha value is -5.54. The smallest absolute Gasteiger partial charge is 0.270 e. The Morgan fingerprint density at radius 1 is 0.818 bits per heavy atom. The molecule has 0 aromatic heterocycles. The molecular weight excluding hydrogens is 582 g/mol. The maximum Gasteiger partial charge on any atom is 0.270 e. The molecule has 0 bridgehead atoms. The zero-order valence-corrected chi connectivity index (χ0v) is 23.9. The summed E-state index contributed by atoms with van der Waals surface area (Å²) in [6.45, 7) is 0.184. The van der Waals surface area contributed by atoms with Gasteiger partial charge in [-0.3, -0.25) is 29.4 Å². The highest BCUT2D eigenvalue weighted by Crippen LogP contribution is 2.31. The number of carbonyl (C=O) groups is 3. The van der Waals surface area contributed by atoms with Crippen molar-refractivity contribution in [1.29, 1.82) is 0 Å². The van der Waals surface area contributed by atoms with Crippen LogP contribution in [0.5, 0.6) is 11.5 Å². The fourth-order valence-corrected chi connectivity index (χ4v) is 5.53. The van der Waals surface area contributed by atoms with E-state index < -0.39 is 22.6 Å². The highest BCUT2D eigenvalue weighted by molar-refractivity contribution is 6.34. The Kier molecular flexibility index (Phi) is 7.78. The Balaban J connectivity index is 1.25. The van der Waals surface area contributed by atoms with E-state index in [4.69, 9.17) is 16.3 Å². The van der Waals surface area contributed by atoms with E-state index in [1.165, 1.54) is 21.9 Å². The number of halogens is 1. The Morgan fingerprint density at radius 2 is 1.45 bits per heavy atom. The largest absolute Gasteiger partial charge is 0.457 e. The minimum atomic E-state index is -0.589. The van der Waals surface area contributed by atoms with E-state index in [1.54, 1.807) is 48.5 Å². The van der Waals surface area contributed by atoms with Crippen LogP contribution in [0.3, 0.4) is 0 Å². The van der Waals surface area contributed by atoms with Gasteiger partial charge in [-0.25, -0.2) is 0 Å². The molecule has 0 atom stereocenters. The van der Waals surface area contributed by atoms with Crippen LogP contribution in [0.15, 0.2) is 109 Å². The number of nitrogens with zero attached hydrogens (tertiary/aromatic N) is 3. The van der Waals surface area contributed by atoms with Gasteiger partial charge >= 0.3 is 0 Å². The number of non-ortho nitro benzene ring substituents is 1. The number of hydrogen-bond acceptors (Lipinski definition) is 6. The van der Waals surface area contributed by atoms with Gasteiger partial charge in [0.15, 0.2) is 0 Å². The van der Waals surface area contributed by atoms with Crippen molar-refractivity contribution in [1.82, 2.24) is 4.90 Å². The van der Waals surface area contributed by atoms with E-state index in [1.807, 2.05) is 42.5 Å². The fourth-order valence-electron chi connectivity index (χ4n) is 5.27. The number of amides is 3. The minimum Gasteiger partial charge on any atom is -0.457 e. The first-order valence-electron chi connectivity index (χ1n) is 13.8. The number of para-hydroxylation sites is 1. The molecule has 9 nitrogen and oxygen atoms in total. The van der Waals surface area contributed by atoms with Gasteiger partial charge in [0.1, 0.15) is 11.5 Å². The number of anilines is 1. The molecule has 5 aromatic rings. The Morgan fingerprint density at radius 3 is 2.07 bits per heavy atom. The van der Waals surface area contributed by atoms with Crippen LogP contribution in [0.2, 0.25) is 5.02 Å². The van der Waals surface area contributed by atoms with Crippen molar-refractivity contribution < 1.29 is 24.0 Å². The monoisotopic (exact) mass is 605 g/mol. The van der Waals surface area contributed by atoms with Gasteiger partial charge in [-0.1, -0.05) is 54.1 Å². The predicted molar refractivity (Wildman–Crippen MR) is 167 cm³/mol. The van der Waals surface area contributed by atoms with Crippen LogP contribution >= 0.6 is 11.6 Å². The van der Waals surface area contributed by atoms with Crippen LogP contribution < -0.4 is 9.64 Å². The first-order valence-corrected chi connectivity index (χ1v) is 14.2. The number of benzene rings is 5. The minimum absolute atomic E-state index is 0.0648. The third-order valence-corrected chi connectivity index (χ3v) is 7.70. The summed E-state index contributed by atoms with van der Waals surface area (Å²) in [5.74, 6) is -0.0684. The number of imide groups is 1. The molecule has 0 aliphatic carbocycles. The van der Waals surface area contributed by atoms with Crippen LogP contribution in [0.25, 0.3) is 10.8 Å². The summed E-state index contributed by atoms with van der Waals surface area (Å²) < 4.78 is 5.88. The molecule has 0 fully saturated rings. The van der Waals surface area contributed by atoms with Gasteiger partial charge in [0.25, 0.3) is 23.4 Å². The van der Waals surface area contributed by atoms with Crippen LogP contribution in [0.1, 0.15) is 37.5 Å². The molecule has 0 saturated heterocycles. The van der Waals surface area contributed by atoms with Crippen LogP contribution in [-0.4, -0.2) is 40.6 Å². The molecule has 1 heterocycles. The van der Waals surface area contributed by atoms with Crippen LogP contribution in [0.4, 0.5) is 11.4 Å². The van der Waals surface area contributed by atoms with Crippen molar-refractivity contribution in [2.45, 2.75) is 6.42 Å². The van der Waals surface area contributed by atoms with E-state index in [0.717, 1.165) is 11.5 Å². The van der Waals surface area contributed by atoms with Crippen molar-refractivity contribution in [2.24, 2.45) is 0 Å². The van der Waals surface area contributed by atoms with Crippen molar-refractivity contribution >= 4 is 51.5 Å². The molecule has 1 aliphatic heterocycles. The zero-order chi connectivity index (χ0) is 30.8. The maximum atomic E-state index is 13.8. The average Bonchev–Trinajstić information content (AvgIpc) is 3.04. The summed E-state index contributed by atoms with van der Waals surface area (Å²) in [6, 6.07) is 30.5. The van der Waals surface area contributed by atoms with Gasteiger partial charge in [0.2, 0.25) is 0 Å². The molecule has 0 radical (unpaired) electrons. The summed E-state index contributed by atoms with van der Waals surface area (Å²) in [5, 5.41) is 12.6. The predicted octanol–water partition coefficient (Wildman–Crippen LogP) is 7.53. The molecule has 1 aliphatic rings. The summed E-state index contributed by atoms with van der Waals surface area (Å²) >= 11 is 6.33. The third kappa shape index (κ3) is 5.48. The number of hydrogen-bond donors (Lipinski definition) is 0. The number of ether oxygens (including phenoxy) is 1. The lowest BCUT2D eigenvalue weighted by molar-refractivity contribution is -0.384. The highest BCUT2D eigenvalue weighted by Gasteiger charge is 2.32. The van der Waals surface area contributed by atoms with Gasteiger partial charge in [0, 0.05) is 47.4 Å². The lowest BCUT2D eigenvalue weighted by Gasteiger charge is -2.29. The summed E-state index contributed by atoms with van der Waals surface area (Å²) in [4.78, 5) is 53.9. The number of carbonyl (C=O) groups excluding carboxylic acids is 3. The van der Waals surface area contributed by atoms with Gasteiger partial charge in [-0.05, 0) is 66.4 Å². The zero-order valence-electron chi connectivity index (χ0n) is 23.2. The maximum absolute atomic E-state index is 13.8. The highest BCUT2D eigenvalue weighted by atomic mass is 35.5. The van der Waals surface area contributed by atoms with E-state index in [-0.39, 0.29) is 35.8 Å². The summed E-state index contributed by atoms with van der Waals surface area (Å²) in [5.41, 5.74) is 1.26. The Bertz CT molecular complexity index is 1880. The fraction of sp³-hybridized carbons (Fsp3) is 0.0882. The molecule has 5 aromatic carbocycles. The Labute approximate surface area is 257 Å². The molecule has 3 amide bonds. The van der Waals surface area contributed by atoms with Gasteiger partial charge < -0.3 is 9.64 Å².